The van der Waals surface area contributed by atoms with E-state index in [1.165, 1.54) is 0 Å². The molecule has 1 amide bonds. The summed E-state index contributed by atoms with van der Waals surface area (Å²) in [5.41, 5.74) is 0. The van der Waals surface area contributed by atoms with Gasteiger partial charge in [0, 0.05) is 5.92 Å². The van der Waals surface area contributed by atoms with Crippen LogP contribution in [0.15, 0.2) is 0 Å². The van der Waals surface area contributed by atoms with Gasteiger partial charge in [0.05, 0.1) is 0 Å². The van der Waals surface area contributed by atoms with Gasteiger partial charge in [-0.05, 0) is 19.3 Å². The number of halogens is 3. The smallest absolute Gasteiger partial charge is 0.448 e. The van der Waals surface area contributed by atoms with Crippen LogP contribution in [0.3, 0.4) is 0 Å². The Morgan fingerprint density at radius 3 is 2.29 bits per heavy atom. The molecule has 1 aliphatic carbocycles. The molecule has 0 aliphatic heterocycles. The lowest BCUT2D eigenvalue weighted by molar-refractivity contribution is -0.125. The molecule has 6 heteroatoms. The molecule has 0 unspecified atom stereocenters. The first-order valence-electron chi connectivity index (χ1n) is 4.98. The highest BCUT2D eigenvalue weighted by Crippen LogP contribution is 2.23. The van der Waals surface area contributed by atoms with Gasteiger partial charge in [0.2, 0.25) is 5.91 Å². The van der Waals surface area contributed by atoms with Gasteiger partial charge < -0.3 is 18.3 Å². The van der Waals surface area contributed by atoms with Gasteiger partial charge in [0.15, 0.2) is 0 Å². The van der Waals surface area contributed by atoms with E-state index in [1.807, 2.05) is 5.32 Å². The maximum absolute atomic E-state index is 11.8. The molecular formula is C8H14BF3NO-. The van der Waals surface area contributed by atoms with E-state index in [-0.39, 0.29) is 5.92 Å². The van der Waals surface area contributed by atoms with Crippen molar-refractivity contribution in [3.8, 4) is 0 Å². The molecule has 1 N–H and O–H groups in total. The lowest BCUT2D eigenvalue weighted by Crippen LogP contribution is -2.41. The molecule has 1 saturated carbocycles. The van der Waals surface area contributed by atoms with Crippen molar-refractivity contribution in [3.05, 3.63) is 0 Å². The van der Waals surface area contributed by atoms with E-state index < -0.39 is 19.3 Å². The highest BCUT2D eigenvalue weighted by Gasteiger charge is 2.26. The first-order chi connectivity index (χ1) is 6.49. The second-order valence-corrected chi connectivity index (χ2v) is 3.79. The quantitative estimate of drug-likeness (QED) is 0.706. The maximum atomic E-state index is 11.8. The van der Waals surface area contributed by atoms with Gasteiger partial charge in [-0.2, -0.15) is 0 Å². The molecule has 1 fully saturated rings. The minimum Gasteiger partial charge on any atom is -0.448 e. The average molecular weight is 208 g/mol. The fraction of sp³-hybridized carbons (Fsp3) is 0.875. The Labute approximate surface area is 81.3 Å². The summed E-state index contributed by atoms with van der Waals surface area (Å²) in [6.07, 6.45) is 3.32. The Bertz CT molecular complexity index is 201. The van der Waals surface area contributed by atoms with E-state index in [4.69, 9.17) is 0 Å². The van der Waals surface area contributed by atoms with Crippen LogP contribution in [0.5, 0.6) is 0 Å². The summed E-state index contributed by atoms with van der Waals surface area (Å²) < 4.78 is 35.5. The number of hydrogen-bond acceptors (Lipinski definition) is 1. The van der Waals surface area contributed by atoms with Crippen LogP contribution in [0.4, 0.5) is 12.9 Å². The fourth-order valence-corrected chi connectivity index (χ4v) is 1.73. The number of rotatable bonds is 3. The Morgan fingerprint density at radius 2 is 1.79 bits per heavy atom. The highest BCUT2D eigenvalue weighted by atomic mass is 19.4. The van der Waals surface area contributed by atoms with E-state index in [0.29, 0.717) is 0 Å². The first kappa shape index (κ1) is 11.4. The summed E-state index contributed by atoms with van der Waals surface area (Å²) >= 11 is 0. The maximum Gasteiger partial charge on any atom is 0.497 e. The van der Waals surface area contributed by atoms with E-state index >= 15 is 0 Å². The molecule has 0 aromatic heterocycles. The average Bonchev–Trinajstić information content (AvgIpc) is 2.14. The van der Waals surface area contributed by atoms with Crippen LogP contribution in [0.1, 0.15) is 32.1 Å². The molecule has 2 nitrogen and oxygen atoms in total. The largest absolute Gasteiger partial charge is 0.497 e. The van der Waals surface area contributed by atoms with Crippen molar-refractivity contribution in [1.29, 1.82) is 0 Å². The van der Waals surface area contributed by atoms with E-state index in [2.05, 4.69) is 0 Å². The lowest BCUT2D eigenvalue weighted by atomic mass is 9.87. The van der Waals surface area contributed by atoms with Crippen LogP contribution >= 0.6 is 0 Å². The van der Waals surface area contributed by atoms with Gasteiger partial charge in [-0.3, -0.25) is 4.79 Å². The third-order valence-electron chi connectivity index (χ3n) is 2.48. The number of nitrogens with one attached hydrogen (secondary N) is 1. The fourth-order valence-electron chi connectivity index (χ4n) is 1.73. The molecule has 0 atom stereocenters. The minimum atomic E-state index is -4.89. The summed E-state index contributed by atoms with van der Waals surface area (Å²) in [7, 11) is 0. The lowest BCUT2D eigenvalue weighted by Gasteiger charge is -2.22. The Balaban J connectivity index is 2.27. The molecule has 1 aliphatic rings. The highest BCUT2D eigenvalue weighted by molar-refractivity contribution is 6.58. The number of amides is 1. The van der Waals surface area contributed by atoms with Gasteiger partial charge in [-0.25, -0.2) is 0 Å². The number of hydrogen-bond donors (Lipinski definition) is 1. The standard InChI is InChI=1S/C8H14BF3NO/c10-9(11,12)6-13-8(14)7-4-2-1-3-5-7/h7H,1-6H2,(H,13,14)/q-1. The first-order valence-corrected chi connectivity index (χ1v) is 4.98. The molecule has 0 aromatic rings. The molecule has 0 spiro atoms. The van der Waals surface area contributed by atoms with E-state index in [1.54, 1.807) is 0 Å². The Hall–Kier alpha value is -0.675. The zero-order valence-electron chi connectivity index (χ0n) is 7.94. The third kappa shape index (κ3) is 4.02. The van der Waals surface area contributed by atoms with Crippen LogP contribution in [-0.2, 0) is 4.79 Å². The third-order valence-corrected chi connectivity index (χ3v) is 2.48. The molecule has 82 valence electrons. The topological polar surface area (TPSA) is 29.1 Å². The summed E-state index contributed by atoms with van der Waals surface area (Å²) in [5, 5.41) is 1.96. The van der Waals surface area contributed by atoms with Crippen molar-refractivity contribution in [3.63, 3.8) is 0 Å². The number of carbonyl (C=O) groups is 1. The zero-order chi connectivity index (χ0) is 10.6. The normalized spacial score (nSPS) is 19.4. The molecule has 0 bridgehead atoms. The van der Waals surface area contributed by atoms with Crippen molar-refractivity contribution >= 4 is 12.9 Å². The molecule has 0 aromatic carbocycles. The summed E-state index contributed by atoms with van der Waals surface area (Å²) in [5.74, 6) is -0.620. The SMILES string of the molecule is O=C(NC[B-](F)(F)F)C1CCCCC1. The predicted molar refractivity (Wildman–Crippen MR) is 48.7 cm³/mol. The Kier molecular flexibility index (Phi) is 3.83. The second kappa shape index (κ2) is 4.71. The van der Waals surface area contributed by atoms with Crippen LogP contribution in [0, 0.1) is 5.92 Å². The van der Waals surface area contributed by atoms with Gasteiger partial charge in [0.1, 0.15) is 0 Å². The second-order valence-electron chi connectivity index (χ2n) is 3.79. The summed E-state index contributed by atoms with van der Waals surface area (Å²) in [6, 6.07) is 0. The minimum absolute atomic E-state index is 0.193. The van der Waals surface area contributed by atoms with Crippen molar-refractivity contribution in [2.24, 2.45) is 5.92 Å². The number of carbonyl (C=O) groups excluding carboxylic acids is 1. The molecular weight excluding hydrogens is 194 g/mol. The van der Waals surface area contributed by atoms with Gasteiger partial charge in [-0.15, -0.1) is 0 Å². The molecule has 14 heavy (non-hydrogen) atoms. The van der Waals surface area contributed by atoms with E-state index in [0.717, 1.165) is 32.1 Å². The van der Waals surface area contributed by atoms with Crippen molar-refractivity contribution in [2.45, 2.75) is 32.1 Å². The van der Waals surface area contributed by atoms with Gasteiger partial charge in [0.25, 0.3) is 0 Å². The van der Waals surface area contributed by atoms with Crippen molar-refractivity contribution < 1.29 is 17.7 Å². The van der Waals surface area contributed by atoms with Crippen molar-refractivity contribution in [1.82, 2.24) is 5.32 Å². The summed E-state index contributed by atoms with van der Waals surface area (Å²) in [6.45, 7) is -4.89. The van der Waals surface area contributed by atoms with Gasteiger partial charge in [-0.1, -0.05) is 19.3 Å². The molecule has 0 radical (unpaired) electrons. The van der Waals surface area contributed by atoms with Crippen LogP contribution in [0.2, 0.25) is 0 Å². The monoisotopic (exact) mass is 208 g/mol. The summed E-state index contributed by atoms with van der Waals surface area (Å²) in [4.78, 5) is 11.2. The van der Waals surface area contributed by atoms with Gasteiger partial charge >= 0.3 is 6.98 Å². The van der Waals surface area contributed by atoms with Crippen LogP contribution < -0.4 is 5.32 Å². The van der Waals surface area contributed by atoms with Crippen LogP contribution in [-0.4, -0.2) is 19.3 Å². The molecule has 1 rings (SSSR count). The predicted octanol–water partition coefficient (Wildman–Crippen LogP) is 2.07. The van der Waals surface area contributed by atoms with Crippen molar-refractivity contribution in [2.75, 3.05) is 6.44 Å². The Morgan fingerprint density at radius 1 is 1.21 bits per heavy atom. The van der Waals surface area contributed by atoms with Crippen LogP contribution in [0.25, 0.3) is 0 Å². The molecule has 0 saturated heterocycles. The zero-order valence-corrected chi connectivity index (χ0v) is 7.94. The molecule has 0 heterocycles. The van der Waals surface area contributed by atoms with E-state index in [9.17, 15) is 17.7 Å².